The van der Waals surface area contributed by atoms with Gasteiger partial charge in [-0.2, -0.15) is 5.10 Å². The van der Waals surface area contributed by atoms with Crippen molar-refractivity contribution in [3.05, 3.63) is 93.2 Å². The summed E-state index contributed by atoms with van der Waals surface area (Å²) >= 11 is 1.35. The number of fused-ring (bicyclic) bond motifs is 1. The van der Waals surface area contributed by atoms with E-state index < -0.39 is 20.4 Å². The van der Waals surface area contributed by atoms with Crippen LogP contribution in [0.2, 0.25) is 0 Å². The molecule has 0 radical (unpaired) electrons. The lowest BCUT2D eigenvalue weighted by molar-refractivity contribution is -0.135. The maximum Gasteiger partial charge on any atom is 0.410 e. The van der Waals surface area contributed by atoms with Crippen LogP contribution in [0.15, 0.2) is 74.8 Å². The minimum Gasteiger partial charge on any atom is -0.492 e. The molecule has 468 valence electrons. The number of aryl methyl sites for hydroxylation is 1. The highest BCUT2D eigenvalue weighted by Crippen LogP contribution is 2.38. The number of anilines is 2. The Kier molecular flexibility index (Phi) is 20.2. The summed E-state index contributed by atoms with van der Waals surface area (Å²) < 4.78 is 52.5. The number of ether oxygens (including phenoxy) is 2. The number of sulfone groups is 1. The Balaban J connectivity index is 0.774. The van der Waals surface area contributed by atoms with Gasteiger partial charge in [-0.25, -0.2) is 42.5 Å². The number of hydrogen-bond donors (Lipinski definition) is 2. The second-order valence-electron chi connectivity index (χ2n) is 24.3. The predicted octanol–water partition coefficient (Wildman–Crippen LogP) is 7.28. The molecule has 2 aromatic carbocycles. The number of ketones is 1. The van der Waals surface area contributed by atoms with E-state index in [1.807, 2.05) is 44.4 Å². The fourth-order valence-electron chi connectivity index (χ4n) is 11.5. The van der Waals surface area contributed by atoms with Crippen LogP contribution in [0, 0.1) is 19.7 Å². The number of H-pyrrole nitrogens is 1. The molecule has 4 fully saturated rings. The monoisotopic (exact) mass is 1240 g/mol. The van der Waals surface area contributed by atoms with E-state index in [0.717, 1.165) is 17.7 Å². The first-order valence-electron chi connectivity index (χ1n) is 29.8. The first-order valence-corrected chi connectivity index (χ1v) is 32.2. The third-order valence-corrected chi connectivity index (χ3v) is 20.2. The minimum atomic E-state index is -3.86. The van der Waals surface area contributed by atoms with Gasteiger partial charge in [0.1, 0.15) is 45.1 Å². The van der Waals surface area contributed by atoms with Crippen LogP contribution in [-0.4, -0.2) is 225 Å². The Morgan fingerprint density at radius 3 is 2.36 bits per heavy atom. The van der Waals surface area contributed by atoms with Gasteiger partial charge in [-0.3, -0.25) is 34.2 Å². The van der Waals surface area contributed by atoms with Crippen molar-refractivity contribution >= 4 is 80.1 Å². The van der Waals surface area contributed by atoms with Gasteiger partial charge in [0, 0.05) is 136 Å². The summed E-state index contributed by atoms with van der Waals surface area (Å²) in [5.41, 5.74) is 3.34. The van der Waals surface area contributed by atoms with Crippen molar-refractivity contribution in [2.24, 2.45) is 9.98 Å². The molecule has 4 saturated heterocycles. The van der Waals surface area contributed by atoms with Crippen LogP contribution < -0.4 is 10.1 Å². The molecular weight excluding hydrogens is 1150 g/mol. The molecule has 3 amide bonds. The highest BCUT2D eigenvalue weighted by atomic mass is 32.2. The average Bonchev–Trinajstić information content (AvgIpc) is 1.40. The Hall–Kier alpha value is -7.26. The zero-order valence-corrected chi connectivity index (χ0v) is 53.2. The number of nitrogens with one attached hydrogen (secondary N) is 2. The Bertz CT molecular complexity index is 3500. The van der Waals surface area contributed by atoms with Crippen LogP contribution in [0.5, 0.6) is 5.75 Å². The topological polar surface area (TPSA) is 248 Å². The number of halogens is 1. The average molecular weight is 1240 g/mol. The summed E-state index contributed by atoms with van der Waals surface area (Å²) in [4.78, 5) is 91.9. The summed E-state index contributed by atoms with van der Waals surface area (Å²) in [5.74, 6) is 0.832. The highest BCUT2D eigenvalue weighted by Gasteiger charge is 2.41. The van der Waals surface area contributed by atoms with E-state index in [1.54, 1.807) is 56.3 Å². The number of guanidine groups is 1. The fraction of sp³-hybridized carbons (Fsp3) is 0.541. The number of aromatic amines is 1. The molecule has 0 spiro atoms. The molecular formula is C61H82FN15O8S2. The Morgan fingerprint density at radius 2 is 1.68 bits per heavy atom. The molecule has 0 unspecified atom stereocenters. The molecule has 23 nitrogen and oxygen atoms in total. The van der Waals surface area contributed by atoms with Gasteiger partial charge in [-0.05, 0) is 126 Å². The van der Waals surface area contributed by atoms with Crippen LogP contribution in [0.4, 0.5) is 20.8 Å². The van der Waals surface area contributed by atoms with Crippen molar-refractivity contribution in [2.45, 2.75) is 128 Å². The summed E-state index contributed by atoms with van der Waals surface area (Å²) in [6.07, 6.45) is 4.43. The third kappa shape index (κ3) is 14.8. The van der Waals surface area contributed by atoms with Gasteiger partial charge < -0.3 is 34.4 Å². The van der Waals surface area contributed by atoms with E-state index >= 15 is 0 Å². The van der Waals surface area contributed by atoms with Crippen LogP contribution in [-0.2, 0) is 24.2 Å². The first kappa shape index (κ1) is 64.2. The predicted molar refractivity (Wildman–Crippen MR) is 333 cm³/mol. The Morgan fingerprint density at radius 1 is 0.943 bits per heavy atom. The number of carbonyl (C=O) groups excluding carboxylic acids is 4. The van der Waals surface area contributed by atoms with Gasteiger partial charge in [0.2, 0.25) is 17.6 Å². The van der Waals surface area contributed by atoms with Crippen molar-refractivity contribution < 1.29 is 41.5 Å². The molecule has 9 rings (SSSR count). The van der Waals surface area contributed by atoms with Gasteiger partial charge in [0.15, 0.2) is 9.84 Å². The quantitative estimate of drug-likeness (QED) is 0.0288. The fourth-order valence-corrected chi connectivity index (χ4v) is 13.7. The van der Waals surface area contributed by atoms with E-state index in [-0.39, 0.29) is 83.5 Å². The van der Waals surface area contributed by atoms with Gasteiger partial charge in [0.05, 0.1) is 41.3 Å². The summed E-state index contributed by atoms with van der Waals surface area (Å²) in [7, 11) is -3.86. The van der Waals surface area contributed by atoms with Crippen molar-refractivity contribution in [1.82, 2.24) is 59.4 Å². The lowest BCUT2D eigenvalue weighted by atomic mass is 10.0. The van der Waals surface area contributed by atoms with E-state index in [4.69, 9.17) is 9.47 Å². The zero-order chi connectivity index (χ0) is 62.5. The molecule has 26 heteroatoms. The first-order chi connectivity index (χ1) is 41.4. The van der Waals surface area contributed by atoms with Gasteiger partial charge >= 0.3 is 6.09 Å². The minimum absolute atomic E-state index is 0.0165. The van der Waals surface area contributed by atoms with E-state index in [9.17, 15) is 32.0 Å². The summed E-state index contributed by atoms with van der Waals surface area (Å²) in [5, 5.41) is 13.4. The number of aliphatic imine (C=N–C) groups is 2. The summed E-state index contributed by atoms with van der Waals surface area (Å²) in [6.45, 7) is 29.3. The molecule has 4 aliphatic heterocycles. The number of nitrogens with zero attached hydrogens (tertiary/aromatic N) is 13. The Labute approximate surface area is 513 Å². The van der Waals surface area contributed by atoms with Gasteiger partial charge in [-0.15, -0.1) is 11.3 Å². The molecule has 5 aromatic rings. The largest absolute Gasteiger partial charge is 0.492 e. The zero-order valence-electron chi connectivity index (χ0n) is 51.6. The highest BCUT2D eigenvalue weighted by molar-refractivity contribution is 7.92. The molecule has 2 N–H and O–H groups in total. The van der Waals surface area contributed by atoms with E-state index in [2.05, 4.69) is 73.7 Å². The van der Waals surface area contributed by atoms with E-state index in [0.29, 0.717) is 136 Å². The molecule has 0 aliphatic carbocycles. The van der Waals surface area contributed by atoms with Crippen LogP contribution in [0.1, 0.15) is 113 Å². The number of amides is 3. The number of carbonyl (C=O) groups is 4. The smallest absolute Gasteiger partial charge is 0.410 e. The maximum absolute atomic E-state index is 14.4. The second kappa shape index (κ2) is 27.4. The normalized spacial score (nSPS) is 20.6. The SMILES string of the molecule is C=N/C(=N\C=C(/C)C(=O)N1CCN(CCCOc2cc3ncnc(Nc4[nH]nc(C)c4C)c3cc2S(=O)(=O)C(C)(C)C)CC1)N1CCN(C[C@H]2CN(C(=O)OC(C)C)[C@H](C)CN2CC(=O)N2CCC[C@H]2c2nc(C(=O)c3ccc(F)cc3)cs2)[C@H](C)C1. The van der Waals surface area contributed by atoms with Crippen LogP contribution in [0.25, 0.3) is 10.9 Å². The number of thiazole rings is 1. The lowest BCUT2D eigenvalue weighted by Gasteiger charge is -2.48. The third-order valence-electron chi connectivity index (χ3n) is 16.8. The number of benzene rings is 2. The number of hydrogen-bond acceptors (Lipinski definition) is 18. The second-order valence-corrected chi connectivity index (χ2v) is 27.8. The number of aromatic nitrogens is 5. The van der Waals surface area contributed by atoms with Crippen molar-refractivity contribution in [3.63, 3.8) is 0 Å². The standard InChI is InChI=1S/C61H82FN15O8S2/c1-38(2)85-60(81)77-34-46(75(32-41(77)5)35-53(78)76-20-12-14-50(76)57-67-49(36-86-57)54(79)44-15-17-45(62)18-16-44)33-73-25-26-74(31-40(73)4)59(63-11)64-30-39(3)58(80)72-23-21-71(22-24-72)19-13-27-84-51-29-48-47(28-52(51)87(82,83)61(8,9)10)56(66-37-65-48)68-55-42(6)43(7)69-70-55/h15-18,28-30,36-38,40-41,46,50H,11-14,19-27,31-35H2,1-10H3,(H2,65,66,68,69,70)/b39-30+,64-59+/t40-,41-,46+,50+/m1/s1. The maximum atomic E-state index is 14.4. The van der Waals surface area contributed by atoms with Crippen LogP contribution >= 0.6 is 11.3 Å². The molecule has 3 aromatic heterocycles. The van der Waals surface area contributed by atoms with Crippen molar-refractivity contribution in [1.29, 1.82) is 0 Å². The van der Waals surface area contributed by atoms with Gasteiger partial charge in [-0.1, -0.05) is 0 Å². The number of likely N-dealkylation sites (tertiary alicyclic amines) is 1. The molecule has 0 saturated carbocycles. The number of rotatable bonds is 18. The molecule has 4 aliphatic rings. The van der Waals surface area contributed by atoms with Crippen LogP contribution in [0.3, 0.4) is 0 Å². The van der Waals surface area contributed by atoms with Gasteiger partial charge in [0.25, 0.3) is 5.91 Å². The van der Waals surface area contributed by atoms with Crippen molar-refractivity contribution in [2.75, 3.05) is 97.0 Å². The van der Waals surface area contributed by atoms with E-state index in [1.165, 1.54) is 41.9 Å². The summed E-state index contributed by atoms with van der Waals surface area (Å²) in [6, 6.07) is 7.96. The number of piperazine rings is 3. The molecule has 7 heterocycles. The molecule has 87 heavy (non-hydrogen) atoms. The molecule has 0 bridgehead atoms. The molecule has 4 atom stereocenters. The lowest BCUT2D eigenvalue weighted by Crippen LogP contribution is -2.65. The van der Waals surface area contributed by atoms with Crippen molar-refractivity contribution in [3.8, 4) is 5.75 Å².